The molecule has 0 saturated heterocycles. The van der Waals surface area contributed by atoms with Gasteiger partial charge >= 0.3 is 5.97 Å². The standard InChI is InChI=1S/C23H22N2O5/c1-29-17-10-14(11-18(13-17)30-2)9-15-5-3-4-8-25-21(15)24-20-12-16(23(27)28)6-7-19(20)22(25)26/h6-7,9-13H,3-5,8H2,1-2H3,(H,27,28). The molecule has 4 rings (SSSR count). The van der Waals surface area contributed by atoms with Crippen LogP contribution in [0.25, 0.3) is 22.6 Å². The van der Waals surface area contributed by atoms with Crippen LogP contribution in [-0.2, 0) is 6.54 Å². The Morgan fingerprint density at radius 1 is 1.10 bits per heavy atom. The van der Waals surface area contributed by atoms with E-state index in [4.69, 9.17) is 14.5 Å². The van der Waals surface area contributed by atoms with Crippen molar-refractivity contribution in [3.8, 4) is 11.5 Å². The summed E-state index contributed by atoms with van der Waals surface area (Å²) in [7, 11) is 3.19. The molecule has 0 bridgehead atoms. The van der Waals surface area contributed by atoms with Gasteiger partial charge in [0.15, 0.2) is 0 Å². The number of carbonyl (C=O) groups is 1. The third-order valence-corrected chi connectivity index (χ3v) is 5.28. The summed E-state index contributed by atoms with van der Waals surface area (Å²) in [5, 5.41) is 9.72. The van der Waals surface area contributed by atoms with Crippen LogP contribution < -0.4 is 15.0 Å². The third-order valence-electron chi connectivity index (χ3n) is 5.28. The Labute approximate surface area is 173 Å². The number of methoxy groups -OCH3 is 2. The first-order valence-electron chi connectivity index (χ1n) is 9.72. The van der Waals surface area contributed by atoms with Crippen molar-refractivity contribution in [2.45, 2.75) is 25.8 Å². The molecule has 0 aliphatic carbocycles. The van der Waals surface area contributed by atoms with Crippen molar-refractivity contribution in [2.24, 2.45) is 0 Å². The van der Waals surface area contributed by atoms with Gasteiger partial charge < -0.3 is 14.6 Å². The van der Waals surface area contributed by atoms with E-state index in [1.807, 2.05) is 18.2 Å². The topological polar surface area (TPSA) is 90.7 Å². The average molecular weight is 406 g/mol. The zero-order chi connectivity index (χ0) is 21.3. The second-order valence-electron chi connectivity index (χ2n) is 7.20. The summed E-state index contributed by atoms with van der Waals surface area (Å²) in [6, 6.07) is 10.0. The molecule has 0 atom stereocenters. The Hall–Kier alpha value is -3.61. The maximum absolute atomic E-state index is 13.1. The van der Waals surface area contributed by atoms with Gasteiger partial charge in [0, 0.05) is 12.6 Å². The molecule has 30 heavy (non-hydrogen) atoms. The Kier molecular flexibility index (Phi) is 5.27. The third kappa shape index (κ3) is 3.66. The maximum atomic E-state index is 13.1. The lowest BCUT2D eigenvalue weighted by atomic mass is 10.0. The molecular weight excluding hydrogens is 384 g/mol. The highest BCUT2D eigenvalue weighted by molar-refractivity contribution is 5.93. The van der Waals surface area contributed by atoms with Gasteiger partial charge in [-0.2, -0.15) is 0 Å². The molecular formula is C23H22N2O5. The van der Waals surface area contributed by atoms with E-state index in [-0.39, 0.29) is 11.1 Å². The lowest BCUT2D eigenvalue weighted by Gasteiger charge is -2.13. The van der Waals surface area contributed by atoms with Gasteiger partial charge in [-0.25, -0.2) is 9.78 Å². The highest BCUT2D eigenvalue weighted by Crippen LogP contribution is 2.30. The quantitative estimate of drug-likeness (QED) is 0.708. The van der Waals surface area contributed by atoms with Crippen molar-refractivity contribution >= 4 is 28.5 Å². The molecule has 0 spiro atoms. The molecule has 2 aromatic carbocycles. The lowest BCUT2D eigenvalue weighted by Crippen LogP contribution is -2.24. The first-order valence-corrected chi connectivity index (χ1v) is 9.72. The van der Waals surface area contributed by atoms with E-state index < -0.39 is 5.97 Å². The van der Waals surface area contributed by atoms with Crippen LogP contribution in [0, 0.1) is 0 Å². The molecule has 0 saturated carbocycles. The summed E-state index contributed by atoms with van der Waals surface area (Å²) < 4.78 is 12.4. The second-order valence-corrected chi connectivity index (χ2v) is 7.20. The number of carboxylic acid groups (broad SMARTS) is 1. The minimum absolute atomic E-state index is 0.107. The van der Waals surface area contributed by atoms with E-state index in [9.17, 15) is 14.7 Å². The van der Waals surface area contributed by atoms with Gasteiger partial charge in [-0.1, -0.05) is 0 Å². The molecule has 7 nitrogen and oxygen atoms in total. The van der Waals surface area contributed by atoms with Gasteiger partial charge in [0.1, 0.15) is 17.3 Å². The van der Waals surface area contributed by atoms with Gasteiger partial charge in [-0.05, 0) is 66.8 Å². The van der Waals surface area contributed by atoms with Crippen LogP contribution in [0.5, 0.6) is 11.5 Å². The van der Waals surface area contributed by atoms with Crippen molar-refractivity contribution in [1.82, 2.24) is 9.55 Å². The van der Waals surface area contributed by atoms with E-state index in [1.165, 1.54) is 12.1 Å². The SMILES string of the molecule is COc1cc(C=C2CCCCn3c2nc2cc(C(=O)O)ccc2c3=O)cc(OC)c1. The van der Waals surface area contributed by atoms with E-state index in [0.717, 1.165) is 30.4 Å². The average Bonchev–Trinajstić information content (AvgIpc) is 2.95. The molecule has 0 unspecified atom stereocenters. The summed E-state index contributed by atoms with van der Waals surface area (Å²) in [6.45, 7) is 0.580. The number of allylic oxidation sites excluding steroid dienone is 1. The fourth-order valence-electron chi connectivity index (χ4n) is 3.75. The summed E-state index contributed by atoms with van der Waals surface area (Å²) >= 11 is 0. The smallest absolute Gasteiger partial charge is 0.335 e. The minimum Gasteiger partial charge on any atom is -0.497 e. The zero-order valence-corrected chi connectivity index (χ0v) is 16.8. The number of hydrogen-bond donors (Lipinski definition) is 1. The number of aromatic carboxylic acids is 1. The lowest BCUT2D eigenvalue weighted by molar-refractivity contribution is 0.0697. The van der Waals surface area contributed by atoms with Crippen LogP contribution >= 0.6 is 0 Å². The molecule has 1 aromatic heterocycles. The van der Waals surface area contributed by atoms with Gasteiger partial charge in [-0.3, -0.25) is 9.36 Å². The second kappa shape index (κ2) is 8.02. The van der Waals surface area contributed by atoms with Crippen LogP contribution in [-0.4, -0.2) is 34.8 Å². The molecule has 7 heteroatoms. The first kappa shape index (κ1) is 19.7. The van der Waals surface area contributed by atoms with Crippen LogP contribution in [0.2, 0.25) is 0 Å². The molecule has 1 aliphatic rings. The van der Waals surface area contributed by atoms with Crippen LogP contribution in [0.15, 0.2) is 41.2 Å². The van der Waals surface area contributed by atoms with Crippen LogP contribution in [0.4, 0.5) is 0 Å². The summed E-state index contributed by atoms with van der Waals surface area (Å²) in [4.78, 5) is 29.2. The molecule has 1 N–H and O–H groups in total. The Bertz CT molecular complexity index is 1200. The Morgan fingerprint density at radius 2 is 1.83 bits per heavy atom. The highest BCUT2D eigenvalue weighted by Gasteiger charge is 2.19. The predicted molar refractivity (Wildman–Crippen MR) is 114 cm³/mol. The van der Waals surface area contributed by atoms with E-state index >= 15 is 0 Å². The first-order chi connectivity index (χ1) is 14.5. The summed E-state index contributed by atoms with van der Waals surface area (Å²) in [6.07, 6.45) is 4.54. The maximum Gasteiger partial charge on any atom is 0.335 e. The predicted octanol–water partition coefficient (Wildman–Crippen LogP) is 3.84. The van der Waals surface area contributed by atoms with Crippen LogP contribution in [0.3, 0.4) is 0 Å². The zero-order valence-electron chi connectivity index (χ0n) is 16.8. The number of fused-ring (bicyclic) bond motifs is 2. The highest BCUT2D eigenvalue weighted by atomic mass is 16.5. The van der Waals surface area contributed by atoms with E-state index in [0.29, 0.717) is 34.8 Å². The fraction of sp³-hybridized carbons (Fsp3) is 0.261. The van der Waals surface area contributed by atoms with E-state index in [2.05, 4.69) is 0 Å². The number of benzene rings is 2. The number of hydrogen-bond acceptors (Lipinski definition) is 5. The molecule has 1 aliphatic heterocycles. The normalized spacial score (nSPS) is 14.9. The van der Waals surface area contributed by atoms with Crippen molar-refractivity contribution in [3.05, 3.63) is 63.7 Å². The molecule has 0 radical (unpaired) electrons. The van der Waals surface area contributed by atoms with Gasteiger partial charge in [-0.15, -0.1) is 0 Å². The van der Waals surface area contributed by atoms with Crippen molar-refractivity contribution < 1.29 is 19.4 Å². The van der Waals surface area contributed by atoms with Gasteiger partial charge in [0.25, 0.3) is 5.56 Å². The number of nitrogens with zero attached hydrogens (tertiary/aromatic N) is 2. The van der Waals surface area contributed by atoms with Crippen molar-refractivity contribution in [2.75, 3.05) is 14.2 Å². The molecule has 0 amide bonds. The van der Waals surface area contributed by atoms with Gasteiger partial charge in [0.05, 0.1) is 30.7 Å². The Morgan fingerprint density at radius 3 is 2.50 bits per heavy atom. The monoisotopic (exact) mass is 406 g/mol. The summed E-state index contributed by atoms with van der Waals surface area (Å²) in [5.41, 5.74) is 2.15. The summed E-state index contributed by atoms with van der Waals surface area (Å²) in [5.74, 6) is 0.872. The number of carboxylic acids is 1. The van der Waals surface area contributed by atoms with Crippen LogP contribution in [0.1, 0.15) is 41.0 Å². The molecule has 2 heterocycles. The molecule has 3 aromatic rings. The van der Waals surface area contributed by atoms with Gasteiger partial charge in [0.2, 0.25) is 0 Å². The fourth-order valence-corrected chi connectivity index (χ4v) is 3.75. The van der Waals surface area contributed by atoms with E-state index in [1.54, 1.807) is 30.9 Å². The Balaban J connectivity index is 1.92. The minimum atomic E-state index is -1.05. The van der Waals surface area contributed by atoms with Crippen molar-refractivity contribution in [3.63, 3.8) is 0 Å². The molecule has 0 fully saturated rings. The number of rotatable bonds is 4. The molecule has 154 valence electrons. The largest absolute Gasteiger partial charge is 0.497 e. The number of ether oxygens (including phenoxy) is 2. The van der Waals surface area contributed by atoms with Crippen molar-refractivity contribution in [1.29, 1.82) is 0 Å². The number of aromatic nitrogens is 2.